The molecule has 1 heterocycles. The number of rotatable bonds is 5. The normalized spacial score (nSPS) is 17.3. The highest BCUT2D eigenvalue weighted by Gasteiger charge is 2.37. The molecule has 0 radical (unpaired) electrons. The average Bonchev–Trinajstić information content (AvgIpc) is 2.67. The van der Waals surface area contributed by atoms with Crippen LogP contribution >= 0.6 is 0 Å². The van der Waals surface area contributed by atoms with Crippen molar-refractivity contribution < 1.29 is 14.3 Å². The Labute approximate surface area is 165 Å². The lowest BCUT2D eigenvalue weighted by molar-refractivity contribution is -0.133. The number of carboxylic acids is 1. The summed E-state index contributed by atoms with van der Waals surface area (Å²) in [5.74, 6) is -1.59. The molecule has 146 valence electrons. The summed E-state index contributed by atoms with van der Waals surface area (Å²) in [5.41, 5.74) is 4.72. The monoisotopic (exact) mass is 379 g/mol. The first-order valence-corrected chi connectivity index (χ1v) is 9.60. The van der Waals surface area contributed by atoms with Crippen LogP contribution < -0.4 is 5.32 Å². The highest BCUT2D eigenvalue weighted by molar-refractivity contribution is 5.96. The van der Waals surface area contributed by atoms with E-state index in [1.807, 2.05) is 44.2 Å². The Hall–Kier alpha value is -2.88. The van der Waals surface area contributed by atoms with Gasteiger partial charge in [-0.2, -0.15) is 0 Å². The number of hydrogen-bond acceptors (Lipinski definition) is 2. The Balaban J connectivity index is 2.35. The van der Waals surface area contributed by atoms with Crippen LogP contribution in [-0.4, -0.2) is 11.1 Å². The van der Waals surface area contributed by atoms with Crippen molar-refractivity contribution in [3.05, 3.63) is 88.5 Å². The molecule has 0 aliphatic carbocycles. The number of benzene rings is 2. The van der Waals surface area contributed by atoms with Gasteiger partial charge in [0, 0.05) is 17.3 Å². The summed E-state index contributed by atoms with van der Waals surface area (Å²) in [4.78, 5) is 12.4. The fraction of sp³-hybridized carbons (Fsp3) is 0.292. The summed E-state index contributed by atoms with van der Waals surface area (Å²) in [6.07, 6.45) is 0. The number of carboxylic acid groups (broad SMARTS) is 1. The molecule has 0 amide bonds. The van der Waals surface area contributed by atoms with Gasteiger partial charge in [0.05, 0.1) is 5.57 Å². The molecule has 0 aromatic heterocycles. The van der Waals surface area contributed by atoms with Gasteiger partial charge < -0.3 is 10.4 Å². The molecule has 2 N–H and O–H groups in total. The van der Waals surface area contributed by atoms with Gasteiger partial charge in [0.2, 0.25) is 0 Å². The van der Waals surface area contributed by atoms with E-state index < -0.39 is 11.9 Å². The van der Waals surface area contributed by atoms with Gasteiger partial charge >= 0.3 is 5.97 Å². The van der Waals surface area contributed by atoms with Gasteiger partial charge in [-0.05, 0) is 40.7 Å². The first kappa shape index (κ1) is 19.9. The summed E-state index contributed by atoms with van der Waals surface area (Å²) in [6.45, 7) is 8.16. The predicted octanol–water partition coefficient (Wildman–Crippen LogP) is 5.57. The fourth-order valence-corrected chi connectivity index (χ4v) is 3.81. The molecule has 0 saturated heterocycles. The highest BCUT2D eigenvalue weighted by atomic mass is 19.1. The summed E-state index contributed by atoms with van der Waals surface area (Å²) >= 11 is 0. The van der Waals surface area contributed by atoms with Crippen LogP contribution in [0, 0.1) is 17.7 Å². The maximum Gasteiger partial charge on any atom is 0.334 e. The van der Waals surface area contributed by atoms with Crippen molar-refractivity contribution >= 4 is 11.5 Å². The molecular formula is C24H26FNO2. The van der Waals surface area contributed by atoms with E-state index in [1.54, 1.807) is 12.1 Å². The van der Waals surface area contributed by atoms with Crippen LogP contribution in [0.1, 0.15) is 44.7 Å². The van der Waals surface area contributed by atoms with Crippen LogP contribution in [0.15, 0.2) is 71.6 Å². The summed E-state index contributed by atoms with van der Waals surface area (Å²) in [6, 6.07) is 16.0. The molecule has 0 bridgehead atoms. The van der Waals surface area contributed by atoms with Gasteiger partial charge in [0.15, 0.2) is 0 Å². The number of carbonyl (C=O) groups is 1. The summed E-state index contributed by atoms with van der Waals surface area (Å²) in [7, 11) is 0. The van der Waals surface area contributed by atoms with Crippen molar-refractivity contribution in [3.8, 4) is 0 Å². The van der Waals surface area contributed by atoms with Crippen molar-refractivity contribution in [1.82, 2.24) is 5.32 Å². The van der Waals surface area contributed by atoms with Gasteiger partial charge in [0.25, 0.3) is 0 Å². The van der Waals surface area contributed by atoms with Crippen LogP contribution in [0.25, 0.3) is 5.57 Å². The third kappa shape index (κ3) is 3.72. The molecule has 0 fully saturated rings. The van der Waals surface area contributed by atoms with E-state index in [4.69, 9.17) is 0 Å². The lowest BCUT2D eigenvalue weighted by atomic mass is 9.74. The van der Waals surface area contributed by atoms with Crippen molar-refractivity contribution in [2.24, 2.45) is 11.8 Å². The van der Waals surface area contributed by atoms with Crippen molar-refractivity contribution in [2.45, 2.75) is 33.6 Å². The quantitative estimate of drug-likeness (QED) is 0.713. The Morgan fingerprint density at radius 3 is 2.00 bits per heavy atom. The second kappa shape index (κ2) is 8.01. The second-order valence-electron chi connectivity index (χ2n) is 7.74. The molecule has 1 aliphatic heterocycles. The third-order valence-corrected chi connectivity index (χ3v) is 5.10. The second-order valence-corrected chi connectivity index (χ2v) is 7.74. The van der Waals surface area contributed by atoms with Gasteiger partial charge in [-0.3, -0.25) is 0 Å². The lowest BCUT2D eigenvalue weighted by Gasteiger charge is -2.36. The fourth-order valence-electron chi connectivity index (χ4n) is 3.81. The topological polar surface area (TPSA) is 49.3 Å². The largest absolute Gasteiger partial charge is 0.478 e. The third-order valence-electron chi connectivity index (χ3n) is 5.10. The first-order valence-electron chi connectivity index (χ1n) is 9.60. The van der Waals surface area contributed by atoms with Crippen LogP contribution in [-0.2, 0) is 4.79 Å². The van der Waals surface area contributed by atoms with Crippen LogP contribution in [0.4, 0.5) is 4.39 Å². The van der Waals surface area contributed by atoms with Gasteiger partial charge in [-0.1, -0.05) is 70.2 Å². The molecule has 3 nitrogen and oxygen atoms in total. The molecule has 1 atom stereocenters. The number of hydrogen-bond donors (Lipinski definition) is 2. The lowest BCUT2D eigenvalue weighted by Crippen LogP contribution is -2.33. The molecule has 0 spiro atoms. The van der Waals surface area contributed by atoms with E-state index in [9.17, 15) is 14.3 Å². The van der Waals surface area contributed by atoms with E-state index in [2.05, 4.69) is 19.2 Å². The van der Waals surface area contributed by atoms with Crippen LogP contribution in [0.3, 0.4) is 0 Å². The Morgan fingerprint density at radius 2 is 1.50 bits per heavy atom. The van der Waals surface area contributed by atoms with Gasteiger partial charge in [0.1, 0.15) is 5.82 Å². The molecular weight excluding hydrogens is 353 g/mol. The number of nitrogens with one attached hydrogen (secondary N) is 1. The van der Waals surface area contributed by atoms with E-state index in [0.29, 0.717) is 11.3 Å². The number of aliphatic carboxylic acids is 1. The Bertz CT molecular complexity index is 925. The van der Waals surface area contributed by atoms with Crippen molar-refractivity contribution in [2.75, 3.05) is 0 Å². The first-order chi connectivity index (χ1) is 13.3. The SMILES string of the molecule is CC(C)C1=C(C(=O)O)C(c2ccc(F)cc2)C(c2ccccc2)=C(C(C)C)N1. The number of allylic oxidation sites excluding steroid dienone is 3. The van der Waals surface area contributed by atoms with E-state index >= 15 is 0 Å². The minimum absolute atomic E-state index is 0.0140. The average molecular weight is 379 g/mol. The molecule has 1 aliphatic rings. The summed E-state index contributed by atoms with van der Waals surface area (Å²) in [5, 5.41) is 13.6. The maximum absolute atomic E-state index is 13.6. The molecule has 1 unspecified atom stereocenters. The predicted molar refractivity (Wildman–Crippen MR) is 110 cm³/mol. The molecule has 2 aromatic carbocycles. The summed E-state index contributed by atoms with van der Waals surface area (Å²) < 4.78 is 13.6. The zero-order valence-corrected chi connectivity index (χ0v) is 16.7. The Morgan fingerprint density at radius 1 is 0.929 bits per heavy atom. The molecule has 0 saturated carbocycles. The molecule has 4 heteroatoms. The van der Waals surface area contributed by atoms with E-state index in [0.717, 1.165) is 22.4 Å². The van der Waals surface area contributed by atoms with Crippen molar-refractivity contribution in [3.63, 3.8) is 0 Å². The highest BCUT2D eigenvalue weighted by Crippen LogP contribution is 2.46. The zero-order valence-electron chi connectivity index (χ0n) is 16.7. The minimum Gasteiger partial charge on any atom is -0.478 e. The van der Waals surface area contributed by atoms with E-state index in [-0.39, 0.29) is 17.7 Å². The minimum atomic E-state index is -0.957. The zero-order chi connectivity index (χ0) is 20.4. The molecule has 3 rings (SSSR count). The van der Waals surface area contributed by atoms with E-state index in [1.165, 1.54) is 12.1 Å². The number of dihydropyridines is 1. The van der Waals surface area contributed by atoms with Gasteiger partial charge in [-0.25, -0.2) is 9.18 Å². The van der Waals surface area contributed by atoms with Crippen molar-refractivity contribution in [1.29, 1.82) is 0 Å². The molecule has 28 heavy (non-hydrogen) atoms. The maximum atomic E-state index is 13.6. The number of halogens is 1. The van der Waals surface area contributed by atoms with Gasteiger partial charge in [-0.15, -0.1) is 0 Å². The smallest absolute Gasteiger partial charge is 0.334 e. The van der Waals surface area contributed by atoms with Crippen LogP contribution in [0.5, 0.6) is 0 Å². The Kier molecular flexibility index (Phi) is 5.68. The standard InChI is InChI=1S/C24H26FNO2/c1-14(2)22-20(16-8-6-5-7-9-16)19(17-10-12-18(25)13-11-17)21(24(27)28)23(26-22)15(3)4/h5-15,19,26H,1-4H3,(H,27,28). The van der Waals surface area contributed by atoms with Crippen LogP contribution in [0.2, 0.25) is 0 Å². The molecule has 2 aromatic rings.